The zero-order valence-electron chi connectivity index (χ0n) is 9.90. The van der Waals surface area contributed by atoms with Crippen LogP contribution in [0.15, 0.2) is 24.3 Å². The van der Waals surface area contributed by atoms with E-state index in [0.29, 0.717) is 11.4 Å². The Labute approximate surface area is 99.9 Å². The maximum atomic E-state index is 11.4. The third-order valence-electron chi connectivity index (χ3n) is 2.03. The van der Waals surface area contributed by atoms with Crippen LogP contribution in [-0.2, 0) is 9.59 Å². The van der Waals surface area contributed by atoms with Crippen molar-refractivity contribution in [2.24, 2.45) is 11.7 Å². The summed E-state index contributed by atoms with van der Waals surface area (Å²) in [4.78, 5) is 21.9. The first-order valence-electron chi connectivity index (χ1n) is 5.31. The van der Waals surface area contributed by atoms with E-state index in [9.17, 15) is 9.59 Å². The molecule has 0 heterocycles. The van der Waals surface area contributed by atoms with Crippen molar-refractivity contribution in [2.45, 2.75) is 13.8 Å². The van der Waals surface area contributed by atoms with Crippen LogP contribution in [0, 0.1) is 5.92 Å². The number of anilines is 1. The highest BCUT2D eigenvalue weighted by atomic mass is 16.5. The lowest BCUT2D eigenvalue weighted by Crippen LogP contribution is -2.20. The van der Waals surface area contributed by atoms with E-state index >= 15 is 0 Å². The summed E-state index contributed by atoms with van der Waals surface area (Å²) in [5.41, 5.74) is 5.64. The second kappa shape index (κ2) is 5.89. The van der Waals surface area contributed by atoms with Crippen molar-refractivity contribution in [3.05, 3.63) is 24.3 Å². The molecule has 5 nitrogen and oxygen atoms in total. The fourth-order valence-corrected chi connectivity index (χ4v) is 1.08. The van der Waals surface area contributed by atoms with Crippen LogP contribution in [-0.4, -0.2) is 18.4 Å². The summed E-state index contributed by atoms with van der Waals surface area (Å²) >= 11 is 0. The summed E-state index contributed by atoms with van der Waals surface area (Å²) in [6.07, 6.45) is 0. The van der Waals surface area contributed by atoms with Gasteiger partial charge in [0.2, 0.25) is 5.91 Å². The molecule has 0 spiro atoms. The van der Waals surface area contributed by atoms with E-state index in [1.165, 1.54) is 0 Å². The minimum absolute atomic E-state index is 0.0456. The van der Waals surface area contributed by atoms with Crippen LogP contribution in [0.1, 0.15) is 13.8 Å². The topological polar surface area (TPSA) is 81.4 Å². The Hall–Kier alpha value is -2.04. The van der Waals surface area contributed by atoms with Crippen LogP contribution in [0.5, 0.6) is 5.75 Å². The molecule has 0 fully saturated rings. The van der Waals surface area contributed by atoms with Crippen molar-refractivity contribution in [3.63, 3.8) is 0 Å². The largest absolute Gasteiger partial charge is 0.484 e. The average molecular weight is 236 g/mol. The van der Waals surface area contributed by atoms with Crippen molar-refractivity contribution < 1.29 is 14.3 Å². The molecule has 0 atom stereocenters. The second-order valence-electron chi connectivity index (χ2n) is 3.92. The van der Waals surface area contributed by atoms with E-state index in [0.717, 1.165) is 0 Å². The van der Waals surface area contributed by atoms with Gasteiger partial charge in [-0.05, 0) is 24.3 Å². The van der Waals surface area contributed by atoms with Crippen LogP contribution in [0.25, 0.3) is 0 Å². The van der Waals surface area contributed by atoms with E-state index in [-0.39, 0.29) is 18.4 Å². The van der Waals surface area contributed by atoms with Gasteiger partial charge in [0.1, 0.15) is 5.75 Å². The maximum Gasteiger partial charge on any atom is 0.255 e. The highest BCUT2D eigenvalue weighted by Gasteiger charge is 2.06. The molecule has 92 valence electrons. The number of ether oxygens (including phenoxy) is 1. The standard InChI is InChI=1S/C12H16N2O3/c1-8(2)12(16)14-9-3-5-10(6-4-9)17-7-11(13)15/h3-6,8H,7H2,1-2H3,(H2,13,15)(H,14,16). The molecule has 0 aliphatic heterocycles. The number of hydrogen-bond donors (Lipinski definition) is 2. The number of rotatable bonds is 5. The Morgan fingerprint density at radius 1 is 1.29 bits per heavy atom. The normalized spacial score (nSPS) is 10.1. The fourth-order valence-electron chi connectivity index (χ4n) is 1.08. The number of nitrogens with two attached hydrogens (primary N) is 1. The summed E-state index contributed by atoms with van der Waals surface area (Å²) in [5, 5.41) is 2.75. The predicted octanol–water partition coefficient (Wildman–Crippen LogP) is 1.15. The molecule has 0 aromatic heterocycles. The van der Waals surface area contributed by atoms with Crippen LogP contribution in [0.3, 0.4) is 0 Å². The minimum Gasteiger partial charge on any atom is -0.484 e. The lowest BCUT2D eigenvalue weighted by molar-refractivity contribution is -0.120. The highest BCUT2D eigenvalue weighted by molar-refractivity contribution is 5.92. The van der Waals surface area contributed by atoms with Gasteiger partial charge in [0.25, 0.3) is 5.91 Å². The number of primary amides is 1. The number of carbonyl (C=O) groups excluding carboxylic acids is 2. The molecule has 3 N–H and O–H groups in total. The lowest BCUT2D eigenvalue weighted by atomic mass is 10.2. The molecule has 1 rings (SSSR count). The van der Waals surface area contributed by atoms with Gasteiger partial charge in [-0.2, -0.15) is 0 Å². The summed E-state index contributed by atoms with van der Waals surface area (Å²) in [7, 11) is 0. The molecule has 0 aliphatic rings. The SMILES string of the molecule is CC(C)C(=O)Nc1ccc(OCC(N)=O)cc1. The third kappa shape index (κ3) is 4.55. The molecule has 17 heavy (non-hydrogen) atoms. The van der Waals surface area contributed by atoms with Gasteiger partial charge in [0.15, 0.2) is 6.61 Å². The van der Waals surface area contributed by atoms with Gasteiger partial charge in [-0.1, -0.05) is 13.8 Å². The molecule has 0 aliphatic carbocycles. The molecule has 0 bridgehead atoms. The highest BCUT2D eigenvalue weighted by Crippen LogP contribution is 2.16. The Kier molecular flexibility index (Phi) is 4.51. The molecular formula is C12H16N2O3. The summed E-state index contributed by atoms with van der Waals surface area (Å²) in [5.74, 6) is -0.106. The molecule has 0 unspecified atom stereocenters. The molecule has 1 aromatic carbocycles. The Morgan fingerprint density at radius 3 is 2.35 bits per heavy atom. The number of hydrogen-bond acceptors (Lipinski definition) is 3. The van der Waals surface area contributed by atoms with E-state index in [4.69, 9.17) is 10.5 Å². The van der Waals surface area contributed by atoms with Crippen molar-refractivity contribution in [1.82, 2.24) is 0 Å². The summed E-state index contributed by atoms with van der Waals surface area (Å²) < 4.78 is 5.09. The Morgan fingerprint density at radius 2 is 1.88 bits per heavy atom. The third-order valence-corrected chi connectivity index (χ3v) is 2.03. The zero-order chi connectivity index (χ0) is 12.8. The first-order valence-corrected chi connectivity index (χ1v) is 5.31. The monoisotopic (exact) mass is 236 g/mol. The van der Waals surface area contributed by atoms with E-state index in [2.05, 4.69) is 5.32 Å². The number of nitrogens with one attached hydrogen (secondary N) is 1. The average Bonchev–Trinajstić information content (AvgIpc) is 2.28. The van der Waals surface area contributed by atoms with Gasteiger partial charge >= 0.3 is 0 Å². The minimum atomic E-state index is -0.526. The van der Waals surface area contributed by atoms with Gasteiger partial charge in [0.05, 0.1) is 0 Å². The van der Waals surface area contributed by atoms with Gasteiger partial charge < -0.3 is 15.8 Å². The van der Waals surface area contributed by atoms with Crippen molar-refractivity contribution >= 4 is 17.5 Å². The van der Waals surface area contributed by atoms with Crippen LogP contribution in [0.2, 0.25) is 0 Å². The molecule has 0 saturated carbocycles. The summed E-state index contributed by atoms with van der Waals surface area (Å²) in [6.45, 7) is 3.48. The number of benzene rings is 1. The van der Waals surface area contributed by atoms with Crippen LogP contribution < -0.4 is 15.8 Å². The quantitative estimate of drug-likeness (QED) is 0.804. The Bertz CT molecular complexity index is 399. The van der Waals surface area contributed by atoms with Crippen LogP contribution >= 0.6 is 0 Å². The fraction of sp³-hybridized carbons (Fsp3) is 0.333. The van der Waals surface area contributed by atoms with Gasteiger partial charge in [-0.25, -0.2) is 0 Å². The van der Waals surface area contributed by atoms with Crippen molar-refractivity contribution in [1.29, 1.82) is 0 Å². The van der Waals surface area contributed by atoms with Gasteiger partial charge in [-0.15, -0.1) is 0 Å². The molecule has 5 heteroatoms. The van der Waals surface area contributed by atoms with Crippen LogP contribution in [0.4, 0.5) is 5.69 Å². The lowest BCUT2D eigenvalue weighted by Gasteiger charge is -2.08. The molecule has 0 saturated heterocycles. The van der Waals surface area contributed by atoms with Crippen molar-refractivity contribution in [3.8, 4) is 5.75 Å². The molecule has 2 amide bonds. The first kappa shape index (κ1) is 13.0. The number of carbonyl (C=O) groups is 2. The van der Waals surface area contributed by atoms with Gasteiger partial charge in [-0.3, -0.25) is 9.59 Å². The summed E-state index contributed by atoms with van der Waals surface area (Å²) in [6, 6.07) is 6.74. The zero-order valence-corrected chi connectivity index (χ0v) is 9.90. The maximum absolute atomic E-state index is 11.4. The van der Waals surface area contributed by atoms with Crippen molar-refractivity contribution in [2.75, 3.05) is 11.9 Å². The molecular weight excluding hydrogens is 220 g/mol. The second-order valence-corrected chi connectivity index (χ2v) is 3.92. The predicted molar refractivity (Wildman–Crippen MR) is 64.6 cm³/mol. The number of amides is 2. The first-order chi connectivity index (χ1) is 7.99. The Balaban J connectivity index is 2.56. The van der Waals surface area contributed by atoms with E-state index in [1.807, 2.05) is 13.8 Å². The van der Waals surface area contributed by atoms with Gasteiger partial charge in [0, 0.05) is 11.6 Å². The smallest absolute Gasteiger partial charge is 0.255 e. The van der Waals surface area contributed by atoms with E-state index in [1.54, 1.807) is 24.3 Å². The van der Waals surface area contributed by atoms with E-state index < -0.39 is 5.91 Å². The molecule has 0 radical (unpaired) electrons. The molecule has 1 aromatic rings.